The van der Waals surface area contributed by atoms with Gasteiger partial charge in [0.2, 0.25) is 0 Å². The molecule has 0 fully saturated rings. The SMILES string of the molecule is Cc1cc(C#N)ccc1Cn1cncc(I)c1=O. The van der Waals surface area contributed by atoms with Crippen LogP contribution in [0.15, 0.2) is 35.5 Å². The third-order valence-corrected chi connectivity index (χ3v) is 3.41. The Hall–Kier alpha value is -1.68. The maximum absolute atomic E-state index is 11.9. The van der Waals surface area contributed by atoms with Gasteiger partial charge >= 0.3 is 0 Å². The van der Waals surface area contributed by atoms with Gasteiger partial charge in [-0.05, 0) is 52.8 Å². The Bertz CT molecular complexity index is 685. The minimum absolute atomic E-state index is 0.0469. The van der Waals surface area contributed by atoms with Crippen LogP contribution in [0, 0.1) is 21.8 Å². The molecule has 1 aromatic heterocycles. The number of aryl methyl sites for hydroxylation is 1. The van der Waals surface area contributed by atoms with E-state index >= 15 is 0 Å². The van der Waals surface area contributed by atoms with Gasteiger partial charge in [-0.2, -0.15) is 5.26 Å². The number of benzene rings is 1. The quantitative estimate of drug-likeness (QED) is 0.779. The highest BCUT2D eigenvalue weighted by molar-refractivity contribution is 14.1. The van der Waals surface area contributed by atoms with Crippen LogP contribution in [0.4, 0.5) is 0 Å². The van der Waals surface area contributed by atoms with E-state index in [0.29, 0.717) is 15.7 Å². The zero-order valence-corrected chi connectivity index (χ0v) is 11.9. The molecule has 18 heavy (non-hydrogen) atoms. The first-order valence-corrected chi connectivity index (χ1v) is 6.39. The summed E-state index contributed by atoms with van der Waals surface area (Å²) in [6.45, 7) is 2.41. The van der Waals surface area contributed by atoms with Gasteiger partial charge in [-0.3, -0.25) is 9.36 Å². The van der Waals surface area contributed by atoms with Crippen molar-refractivity contribution >= 4 is 22.6 Å². The van der Waals surface area contributed by atoms with Gasteiger partial charge in [0.15, 0.2) is 0 Å². The molecule has 2 aromatic rings. The number of rotatable bonds is 2. The predicted octanol–water partition coefficient (Wildman–Crippen LogP) is 2.08. The van der Waals surface area contributed by atoms with E-state index in [1.165, 1.54) is 6.33 Å². The van der Waals surface area contributed by atoms with E-state index in [1.54, 1.807) is 16.8 Å². The molecule has 0 aliphatic carbocycles. The molecule has 0 amide bonds. The van der Waals surface area contributed by atoms with E-state index in [9.17, 15) is 4.79 Å². The number of halogens is 1. The van der Waals surface area contributed by atoms with E-state index in [2.05, 4.69) is 11.1 Å². The highest BCUT2D eigenvalue weighted by atomic mass is 127. The maximum atomic E-state index is 11.9. The van der Waals surface area contributed by atoms with Gasteiger partial charge in [0, 0.05) is 6.20 Å². The lowest BCUT2D eigenvalue weighted by Crippen LogP contribution is -2.23. The largest absolute Gasteiger partial charge is 0.294 e. The van der Waals surface area contributed by atoms with Crippen LogP contribution >= 0.6 is 22.6 Å². The van der Waals surface area contributed by atoms with E-state index < -0.39 is 0 Å². The summed E-state index contributed by atoms with van der Waals surface area (Å²) in [5.74, 6) is 0. The standard InChI is InChI=1S/C13H10IN3O/c1-9-4-10(5-15)2-3-11(9)7-17-8-16-6-12(14)13(17)18/h2-4,6,8H,7H2,1H3. The fraction of sp³-hybridized carbons (Fsp3) is 0.154. The van der Waals surface area contributed by atoms with Crippen LogP contribution in [0.5, 0.6) is 0 Å². The summed E-state index contributed by atoms with van der Waals surface area (Å²) in [7, 11) is 0. The highest BCUT2D eigenvalue weighted by Crippen LogP contribution is 2.11. The van der Waals surface area contributed by atoms with Gasteiger partial charge in [-0.15, -0.1) is 0 Å². The molecule has 5 heteroatoms. The first kappa shape index (κ1) is 12.8. The van der Waals surface area contributed by atoms with E-state index in [4.69, 9.17) is 5.26 Å². The van der Waals surface area contributed by atoms with Gasteiger partial charge in [0.1, 0.15) is 0 Å². The van der Waals surface area contributed by atoms with Crippen molar-refractivity contribution in [3.8, 4) is 6.07 Å². The summed E-state index contributed by atoms with van der Waals surface area (Å²) in [6, 6.07) is 7.55. The Morgan fingerprint density at radius 1 is 1.50 bits per heavy atom. The molecule has 0 spiro atoms. The van der Waals surface area contributed by atoms with Crippen molar-refractivity contribution in [2.24, 2.45) is 0 Å². The van der Waals surface area contributed by atoms with Crippen molar-refractivity contribution in [3.05, 3.63) is 61.3 Å². The van der Waals surface area contributed by atoms with Crippen LogP contribution in [-0.2, 0) is 6.54 Å². The minimum Gasteiger partial charge on any atom is -0.294 e. The lowest BCUT2D eigenvalue weighted by atomic mass is 10.1. The molecule has 1 heterocycles. The van der Waals surface area contributed by atoms with Crippen LogP contribution < -0.4 is 5.56 Å². The molecule has 0 saturated heterocycles. The Kier molecular flexibility index (Phi) is 3.77. The van der Waals surface area contributed by atoms with E-state index in [0.717, 1.165) is 11.1 Å². The van der Waals surface area contributed by atoms with E-state index in [-0.39, 0.29) is 5.56 Å². The second-order valence-corrected chi connectivity index (χ2v) is 5.09. The topological polar surface area (TPSA) is 58.7 Å². The zero-order chi connectivity index (χ0) is 13.1. The van der Waals surface area contributed by atoms with Crippen molar-refractivity contribution in [2.75, 3.05) is 0 Å². The molecule has 0 aliphatic rings. The van der Waals surface area contributed by atoms with Crippen molar-refractivity contribution in [3.63, 3.8) is 0 Å². The number of hydrogen-bond donors (Lipinski definition) is 0. The molecule has 1 aromatic carbocycles. The van der Waals surface area contributed by atoms with E-state index in [1.807, 2.05) is 41.6 Å². The second-order valence-electron chi connectivity index (χ2n) is 3.93. The average Bonchev–Trinajstić information content (AvgIpc) is 2.37. The van der Waals surface area contributed by atoms with Gasteiger partial charge in [-0.1, -0.05) is 6.07 Å². The van der Waals surface area contributed by atoms with Crippen LogP contribution in [0.1, 0.15) is 16.7 Å². The minimum atomic E-state index is -0.0469. The van der Waals surface area contributed by atoms with Crippen LogP contribution in [-0.4, -0.2) is 9.55 Å². The second kappa shape index (κ2) is 5.31. The van der Waals surface area contributed by atoms with Crippen LogP contribution in [0.2, 0.25) is 0 Å². The molecule has 0 unspecified atom stereocenters. The van der Waals surface area contributed by atoms with Gasteiger partial charge < -0.3 is 0 Å². The smallest absolute Gasteiger partial charge is 0.267 e. The number of nitriles is 1. The zero-order valence-electron chi connectivity index (χ0n) is 9.72. The summed E-state index contributed by atoms with van der Waals surface area (Å²) in [5.41, 5.74) is 2.60. The Morgan fingerprint density at radius 2 is 2.28 bits per heavy atom. The summed E-state index contributed by atoms with van der Waals surface area (Å²) >= 11 is 1.97. The molecule has 0 aliphatic heterocycles. The van der Waals surface area contributed by atoms with Crippen molar-refractivity contribution in [2.45, 2.75) is 13.5 Å². The molecule has 4 nitrogen and oxygen atoms in total. The fourth-order valence-electron chi connectivity index (χ4n) is 1.66. The molecule has 0 saturated carbocycles. The molecule has 0 atom stereocenters. The predicted molar refractivity (Wildman–Crippen MR) is 76.2 cm³/mol. The normalized spacial score (nSPS) is 10.1. The Labute approximate surface area is 118 Å². The summed E-state index contributed by atoms with van der Waals surface area (Å²) in [4.78, 5) is 15.9. The molecule has 90 valence electrons. The molecule has 0 bridgehead atoms. The third-order valence-electron chi connectivity index (χ3n) is 2.67. The molecular weight excluding hydrogens is 341 g/mol. The van der Waals surface area contributed by atoms with Crippen molar-refractivity contribution in [1.82, 2.24) is 9.55 Å². The summed E-state index contributed by atoms with van der Waals surface area (Å²) < 4.78 is 2.16. The van der Waals surface area contributed by atoms with Gasteiger partial charge in [0.25, 0.3) is 5.56 Å². The molecule has 0 radical (unpaired) electrons. The maximum Gasteiger partial charge on any atom is 0.267 e. The fourth-order valence-corrected chi connectivity index (χ4v) is 2.13. The average molecular weight is 351 g/mol. The molecular formula is C13H10IN3O. The van der Waals surface area contributed by atoms with Crippen LogP contribution in [0.25, 0.3) is 0 Å². The number of aromatic nitrogens is 2. The third kappa shape index (κ3) is 2.59. The first-order chi connectivity index (χ1) is 8.61. The van der Waals surface area contributed by atoms with Crippen molar-refractivity contribution in [1.29, 1.82) is 5.26 Å². The Morgan fingerprint density at radius 3 is 2.94 bits per heavy atom. The number of nitrogens with zero attached hydrogens (tertiary/aromatic N) is 3. The van der Waals surface area contributed by atoms with Gasteiger partial charge in [-0.25, -0.2) is 4.98 Å². The number of hydrogen-bond acceptors (Lipinski definition) is 3. The molecule has 2 rings (SSSR count). The van der Waals surface area contributed by atoms with Crippen LogP contribution in [0.3, 0.4) is 0 Å². The monoisotopic (exact) mass is 351 g/mol. The summed E-state index contributed by atoms with van der Waals surface area (Å²) in [6.07, 6.45) is 3.08. The molecule has 0 N–H and O–H groups in total. The van der Waals surface area contributed by atoms with Crippen molar-refractivity contribution < 1.29 is 0 Å². The summed E-state index contributed by atoms with van der Waals surface area (Å²) in [5, 5.41) is 8.81. The van der Waals surface area contributed by atoms with Gasteiger partial charge in [0.05, 0.1) is 28.1 Å². The lowest BCUT2D eigenvalue weighted by molar-refractivity contribution is 0.727. The lowest BCUT2D eigenvalue weighted by Gasteiger charge is -2.08. The first-order valence-electron chi connectivity index (χ1n) is 5.31. The Balaban J connectivity index is 2.38. The highest BCUT2D eigenvalue weighted by Gasteiger charge is 2.04.